The molecule has 0 unspecified atom stereocenters. The molecule has 162 valence electrons. The number of carbonyl (C=O) groups is 1. The second kappa shape index (κ2) is 8.03. The Hall–Kier alpha value is -3.40. The van der Waals surface area contributed by atoms with Crippen LogP contribution < -0.4 is 14.4 Å². The van der Waals surface area contributed by atoms with Crippen LogP contribution in [0.3, 0.4) is 0 Å². The van der Waals surface area contributed by atoms with Gasteiger partial charge in [-0.15, -0.1) is 5.10 Å². The van der Waals surface area contributed by atoms with Crippen molar-refractivity contribution in [3.05, 3.63) is 65.6 Å². The number of benzene rings is 2. The second-order valence-corrected chi connectivity index (χ2v) is 9.02. The minimum atomic E-state index is -3.88. The number of aromatic nitrogens is 2. The highest BCUT2D eigenvalue weighted by Gasteiger charge is 2.29. The van der Waals surface area contributed by atoms with Crippen LogP contribution in [-0.4, -0.2) is 37.8 Å². The van der Waals surface area contributed by atoms with Gasteiger partial charge in [0.2, 0.25) is 5.88 Å². The van der Waals surface area contributed by atoms with Crippen LogP contribution in [0.1, 0.15) is 22.3 Å². The van der Waals surface area contributed by atoms with Crippen LogP contribution in [0.2, 0.25) is 0 Å². The van der Waals surface area contributed by atoms with Crippen molar-refractivity contribution in [3.63, 3.8) is 0 Å². The molecule has 0 spiro atoms. The van der Waals surface area contributed by atoms with Gasteiger partial charge in [-0.2, -0.15) is 0 Å². The molecule has 1 aliphatic rings. The molecular formula is C21H21FN4O4S. The Kier molecular flexibility index (Phi) is 5.40. The largest absolute Gasteiger partial charge is 0.479 e. The molecule has 8 nitrogen and oxygen atoms in total. The van der Waals surface area contributed by atoms with E-state index in [0.717, 1.165) is 24.1 Å². The zero-order valence-electron chi connectivity index (χ0n) is 17.0. The fourth-order valence-electron chi connectivity index (χ4n) is 3.58. The van der Waals surface area contributed by atoms with E-state index < -0.39 is 21.7 Å². The second-order valence-electron chi connectivity index (χ2n) is 7.16. The van der Waals surface area contributed by atoms with Gasteiger partial charge in [-0.1, -0.05) is 6.07 Å². The van der Waals surface area contributed by atoms with Crippen molar-refractivity contribution >= 4 is 27.3 Å². The minimum absolute atomic E-state index is 0.0104. The Morgan fingerprint density at radius 2 is 1.94 bits per heavy atom. The SMILES string of the molecule is COc1nn(C)cc1C(=O)Nc1ccc2c(c1)N(S(=O)(=O)c1ccc(F)cc1)CCC2. The summed E-state index contributed by atoms with van der Waals surface area (Å²) in [5.74, 6) is -0.735. The number of hydrogen-bond acceptors (Lipinski definition) is 5. The van der Waals surface area contributed by atoms with Gasteiger partial charge >= 0.3 is 0 Å². The van der Waals surface area contributed by atoms with E-state index in [9.17, 15) is 17.6 Å². The van der Waals surface area contributed by atoms with Crippen LogP contribution in [-0.2, 0) is 23.5 Å². The molecule has 4 rings (SSSR count). The molecule has 0 bridgehead atoms. The van der Waals surface area contributed by atoms with Crippen molar-refractivity contribution in [3.8, 4) is 5.88 Å². The predicted molar refractivity (Wildman–Crippen MR) is 113 cm³/mol. The minimum Gasteiger partial charge on any atom is -0.479 e. The molecule has 0 fully saturated rings. The number of halogens is 1. The maximum Gasteiger partial charge on any atom is 0.264 e. The van der Waals surface area contributed by atoms with E-state index in [1.165, 1.54) is 34.4 Å². The summed E-state index contributed by atoms with van der Waals surface area (Å²) in [7, 11) is -0.773. The summed E-state index contributed by atoms with van der Waals surface area (Å²) in [6, 6.07) is 9.91. The van der Waals surface area contributed by atoms with Gasteiger partial charge in [0.15, 0.2) is 0 Å². The number of aryl methyl sites for hydroxylation is 2. The zero-order valence-corrected chi connectivity index (χ0v) is 17.8. The number of rotatable bonds is 5. The first-order valence-corrected chi connectivity index (χ1v) is 11.0. The van der Waals surface area contributed by atoms with E-state index in [1.807, 2.05) is 0 Å². The first-order valence-electron chi connectivity index (χ1n) is 9.60. The van der Waals surface area contributed by atoms with Crippen LogP contribution in [0.15, 0.2) is 53.6 Å². The van der Waals surface area contributed by atoms with Crippen molar-refractivity contribution in [1.82, 2.24) is 9.78 Å². The quantitative estimate of drug-likeness (QED) is 0.653. The van der Waals surface area contributed by atoms with E-state index in [-0.39, 0.29) is 16.3 Å². The van der Waals surface area contributed by atoms with Gasteiger partial charge in [0.05, 0.1) is 17.7 Å². The molecule has 0 saturated carbocycles. The highest BCUT2D eigenvalue weighted by atomic mass is 32.2. The van der Waals surface area contributed by atoms with Crippen molar-refractivity contribution in [1.29, 1.82) is 0 Å². The summed E-state index contributed by atoms with van der Waals surface area (Å²) in [6.45, 7) is 0.292. The first-order chi connectivity index (χ1) is 14.8. The molecule has 0 saturated heterocycles. The fourth-order valence-corrected chi connectivity index (χ4v) is 5.11. The Morgan fingerprint density at radius 1 is 1.19 bits per heavy atom. The van der Waals surface area contributed by atoms with Crippen molar-refractivity contribution in [2.75, 3.05) is 23.3 Å². The van der Waals surface area contributed by atoms with E-state index in [2.05, 4.69) is 10.4 Å². The summed E-state index contributed by atoms with van der Waals surface area (Å²) < 4.78 is 47.5. The number of ether oxygens (including phenoxy) is 1. The van der Waals surface area contributed by atoms with Gasteiger partial charge in [0.25, 0.3) is 15.9 Å². The van der Waals surface area contributed by atoms with Gasteiger partial charge in [-0.3, -0.25) is 13.8 Å². The smallest absolute Gasteiger partial charge is 0.264 e. The van der Waals surface area contributed by atoms with E-state index >= 15 is 0 Å². The van der Waals surface area contributed by atoms with Gasteiger partial charge in [0.1, 0.15) is 11.4 Å². The third kappa shape index (κ3) is 3.98. The zero-order chi connectivity index (χ0) is 22.2. The molecule has 2 heterocycles. The van der Waals surface area contributed by atoms with Gasteiger partial charge < -0.3 is 10.1 Å². The number of nitrogens with zero attached hydrogens (tertiary/aromatic N) is 3. The lowest BCUT2D eigenvalue weighted by molar-refractivity contribution is 0.102. The summed E-state index contributed by atoms with van der Waals surface area (Å²) in [6.07, 6.45) is 2.92. The Balaban J connectivity index is 1.66. The number of amides is 1. The molecule has 1 amide bonds. The average Bonchev–Trinajstić information content (AvgIpc) is 3.14. The highest BCUT2D eigenvalue weighted by molar-refractivity contribution is 7.92. The summed E-state index contributed by atoms with van der Waals surface area (Å²) >= 11 is 0. The maximum absolute atomic E-state index is 13.3. The van der Waals surface area contributed by atoms with E-state index in [1.54, 1.807) is 25.2 Å². The van der Waals surface area contributed by atoms with Crippen LogP contribution in [0.25, 0.3) is 0 Å². The molecule has 1 N–H and O–H groups in total. The van der Waals surface area contributed by atoms with Gasteiger partial charge in [0, 0.05) is 25.5 Å². The molecule has 0 aliphatic carbocycles. The lowest BCUT2D eigenvalue weighted by Gasteiger charge is -2.31. The Bertz CT molecular complexity index is 1240. The number of hydrogen-bond donors (Lipinski definition) is 1. The molecule has 10 heteroatoms. The average molecular weight is 444 g/mol. The number of sulfonamides is 1. The monoisotopic (exact) mass is 444 g/mol. The number of anilines is 2. The van der Waals surface area contributed by atoms with Crippen molar-refractivity contribution in [2.45, 2.75) is 17.7 Å². The molecule has 3 aromatic rings. The standard InChI is InChI=1S/C21H21FN4O4S/c1-25-13-18(21(24-25)30-2)20(27)23-16-8-5-14-4-3-11-26(19(14)12-16)31(28,29)17-9-6-15(22)7-10-17/h5-10,12-13H,3-4,11H2,1-2H3,(H,23,27). The fraction of sp³-hybridized carbons (Fsp3) is 0.238. The van der Waals surface area contributed by atoms with Crippen LogP contribution in [0, 0.1) is 5.82 Å². The van der Waals surface area contributed by atoms with Gasteiger partial charge in [-0.05, 0) is 54.8 Å². The summed E-state index contributed by atoms with van der Waals surface area (Å²) in [5.41, 5.74) is 2.05. The molecule has 31 heavy (non-hydrogen) atoms. The molecule has 1 aliphatic heterocycles. The number of carbonyl (C=O) groups excluding carboxylic acids is 1. The van der Waals surface area contributed by atoms with E-state index in [4.69, 9.17) is 4.74 Å². The molecule has 0 atom stereocenters. The van der Waals surface area contributed by atoms with Gasteiger partial charge in [-0.25, -0.2) is 12.8 Å². The van der Waals surface area contributed by atoms with Crippen LogP contribution in [0.5, 0.6) is 5.88 Å². The first kappa shape index (κ1) is 20.9. The predicted octanol–water partition coefficient (Wildman–Crippen LogP) is 2.96. The normalized spacial score (nSPS) is 13.6. The van der Waals surface area contributed by atoms with Crippen molar-refractivity contribution in [2.24, 2.45) is 7.05 Å². The third-order valence-corrected chi connectivity index (χ3v) is 6.88. The topological polar surface area (TPSA) is 93.5 Å². The summed E-state index contributed by atoms with van der Waals surface area (Å²) in [5, 5.41) is 6.84. The number of methoxy groups -OCH3 is 1. The lowest BCUT2D eigenvalue weighted by Crippen LogP contribution is -2.35. The van der Waals surface area contributed by atoms with Crippen LogP contribution in [0.4, 0.5) is 15.8 Å². The highest BCUT2D eigenvalue weighted by Crippen LogP contribution is 2.34. The summed E-state index contributed by atoms with van der Waals surface area (Å²) in [4.78, 5) is 12.7. The molecular weight excluding hydrogens is 423 g/mol. The maximum atomic E-state index is 13.3. The number of nitrogens with one attached hydrogen (secondary N) is 1. The molecule has 0 radical (unpaired) electrons. The molecule has 2 aromatic carbocycles. The number of fused-ring (bicyclic) bond motifs is 1. The van der Waals surface area contributed by atoms with Crippen LogP contribution >= 0.6 is 0 Å². The van der Waals surface area contributed by atoms with Crippen molar-refractivity contribution < 1.29 is 22.3 Å². The molecule has 1 aromatic heterocycles. The Morgan fingerprint density at radius 3 is 2.65 bits per heavy atom. The lowest BCUT2D eigenvalue weighted by atomic mass is 10.0. The Labute approximate surface area is 179 Å². The third-order valence-electron chi connectivity index (χ3n) is 5.05. The van der Waals surface area contributed by atoms with E-state index in [0.29, 0.717) is 24.3 Å².